The standard InChI is InChI=1S/C13H14N2O2S/c1-2-9(11-6-4-8-18-11)15-13(17)12-10(16)5-3-7-14-12/h3-9,16H,2H2,1H3,(H,15,17). The van der Waals surface area contributed by atoms with E-state index in [1.165, 1.54) is 12.3 Å². The van der Waals surface area contributed by atoms with Gasteiger partial charge < -0.3 is 10.4 Å². The lowest BCUT2D eigenvalue weighted by atomic mass is 10.2. The number of pyridine rings is 1. The van der Waals surface area contributed by atoms with E-state index < -0.39 is 0 Å². The Balaban J connectivity index is 2.14. The van der Waals surface area contributed by atoms with Crippen molar-refractivity contribution in [2.24, 2.45) is 0 Å². The Morgan fingerprint density at radius 1 is 1.50 bits per heavy atom. The third-order valence-electron chi connectivity index (χ3n) is 2.60. The van der Waals surface area contributed by atoms with Gasteiger partial charge in [-0.3, -0.25) is 4.79 Å². The van der Waals surface area contributed by atoms with Crippen molar-refractivity contribution in [2.75, 3.05) is 0 Å². The Kier molecular flexibility index (Phi) is 3.94. The first-order chi connectivity index (χ1) is 8.72. The van der Waals surface area contributed by atoms with E-state index in [2.05, 4.69) is 10.3 Å². The Morgan fingerprint density at radius 3 is 2.94 bits per heavy atom. The van der Waals surface area contributed by atoms with Gasteiger partial charge in [0, 0.05) is 11.1 Å². The van der Waals surface area contributed by atoms with Crippen molar-refractivity contribution in [3.8, 4) is 5.75 Å². The van der Waals surface area contributed by atoms with Crippen LogP contribution in [0.1, 0.15) is 34.8 Å². The van der Waals surface area contributed by atoms with Gasteiger partial charge in [-0.05, 0) is 30.0 Å². The van der Waals surface area contributed by atoms with Gasteiger partial charge in [-0.15, -0.1) is 11.3 Å². The zero-order valence-electron chi connectivity index (χ0n) is 9.96. The number of hydrogen-bond donors (Lipinski definition) is 2. The molecular weight excluding hydrogens is 248 g/mol. The molecule has 2 aromatic heterocycles. The normalized spacial score (nSPS) is 12.1. The number of nitrogens with zero attached hydrogens (tertiary/aromatic N) is 1. The molecule has 2 N–H and O–H groups in total. The SMILES string of the molecule is CCC(NC(=O)c1ncccc1O)c1cccs1. The number of aromatic hydroxyl groups is 1. The molecule has 1 amide bonds. The van der Waals surface area contributed by atoms with E-state index in [1.54, 1.807) is 17.4 Å². The first kappa shape index (κ1) is 12.6. The first-order valence-electron chi connectivity index (χ1n) is 5.70. The summed E-state index contributed by atoms with van der Waals surface area (Å²) in [4.78, 5) is 17.0. The number of carbonyl (C=O) groups excluding carboxylic acids is 1. The number of amides is 1. The molecule has 2 rings (SSSR count). The van der Waals surface area contributed by atoms with Crippen molar-refractivity contribution in [2.45, 2.75) is 19.4 Å². The molecule has 0 bridgehead atoms. The van der Waals surface area contributed by atoms with E-state index in [0.29, 0.717) is 0 Å². The summed E-state index contributed by atoms with van der Waals surface area (Å²) in [5.41, 5.74) is 0.0625. The van der Waals surface area contributed by atoms with Crippen LogP contribution in [0.2, 0.25) is 0 Å². The molecule has 0 fully saturated rings. The van der Waals surface area contributed by atoms with Gasteiger partial charge in [0.05, 0.1) is 6.04 Å². The van der Waals surface area contributed by atoms with Crippen LogP contribution in [0, 0.1) is 0 Å². The van der Waals surface area contributed by atoms with Crippen LogP contribution >= 0.6 is 11.3 Å². The fourth-order valence-corrected chi connectivity index (χ4v) is 2.52. The summed E-state index contributed by atoms with van der Waals surface area (Å²) < 4.78 is 0. The van der Waals surface area contributed by atoms with Crippen LogP contribution in [0.25, 0.3) is 0 Å². The van der Waals surface area contributed by atoms with E-state index >= 15 is 0 Å². The molecule has 0 aliphatic carbocycles. The summed E-state index contributed by atoms with van der Waals surface area (Å²) in [6.45, 7) is 2.00. The molecule has 0 aromatic carbocycles. The number of aromatic nitrogens is 1. The molecule has 1 unspecified atom stereocenters. The zero-order chi connectivity index (χ0) is 13.0. The smallest absolute Gasteiger partial charge is 0.274 e. The summed E-state index contributed by atoms with van der Waals surface area (Å²) in [6.07, 6.45) is 2.28. The average molecular weight is 262 g/mol. The van der Waals surface area contributed by atoms with Crippen molar-refractivity contribution < 1.29 is 9.90 Å². The van der Waals surface area contributed by atoms with Crippen LogP contribution in [-0.2, 0) is 0 Å². The van der Waals surface area contributed by atoms with Gasteiger partial charge in [0.2, 0.25) is 0 Å². The molecule has 0 saturated carbocycles. The molecule has 18 heavy (non-hydrogen) atoms. The number of carbonyl (C=O) groups is 1. The van der Waals surface area contributed by atoms with Crippen LogP contribution in [-0.4, -0.2) is 16.0 Å². The minimum absolute atomic E-state index is 0.0427. The van der Waals surface area contributed by atoms with Gasteiger partial charge in [-0.2, -0.15) is 0 Å². The molecule has 0 radical (unpaired) electrons. The summed E-state index contributed by atoms with van der Waals surface area (Å²) in [5.74, 6) is -0.454. The highest BCUT2D eigenvalue weighted by Crippen LogP contribution is 2.22. The number of thiophene rings is 1. The molecule has 0 saturated heterocycles. The fraction of sp³-hybridized carbons (Fsp3) is 0.231. The van der Waals surface area contributed by atoms with E-state index in [-0.39, 0.29) is 23.4 Å². The predicted octanol–water partition coefficient (Wildman–Crippen LogP) is 2.73. The van der Waals surface area contributed by atoms with Gasteiger partial charge in [0.15, 0.2) is 5.69 Å². The average Bonchev–Trinajstić information content (AvgIpc) is 2.90. The van der Waals surface area contributed by atoms with Crippen molar-refractivity contribution in [3.05, 3.63) is 46.4 Å². The van der Waals surface area contributed by atoms with Crippen LogP contribution in [0.3, 0.4) is 0 Å². The molecule has 2 aromatic rings. The second kappa shape index (κ2) is 5.64. The topological polar surface area (TPSA) is 62.2 Å². The lowest BCUT2D eigenvalue weighted by Gasteiger charge is -2.15. The second-order valence-electron chi connectivity index (χ2n) is 3.82. The lowest BCUT2D eigenvalue weighted by Crippen LogP contribution is -2.28. The van der Waals surface area contributed by atoms with E-state index in [1.807, 2.05) is 24.4 Å². The summed E-state index contributed by atoms with van der Waals surface area (Å²) >= 11 is 1.60. The van der Waals surface area contributed by atoms with E-state index in [4.69, 9.17) is 0 Å². The molecule has 0 aliphatic rings. The summed E-state index contributed by atoms with van der Waals surface area (Å²) in [6, 6.07) is 6.93. The molecule has 0 aliphatic heterocycles. The maximum absolute atomic E-state index is 12.0. The largest absolute Gasteiger partial charge is 0.505 e. The lowest BCUT2D eigenvalue weighted by molar-refractivity contribution is 0.0928. The molecule has 2 heterocycles. The van der Waals surface area contributed by atoms with Gasteiger partial charge in [-0.25, -0.2) is 4.98 Å². The minimum atomic E-state index is -0.353. The number of hydrogen-bond acceptors (Lipinski definition) is 4. The molecule has 1 atom stereocenters. The van der Waals surface area contributed by atoms with Gasteiger partial charge in [0.1, 0.15) is 5.75 Å². The highest BCUT2D eigenvalue weighted by atomic mass is 32.1. The van der Waals surface area contributed by atoms with Crippen molar-refractivity contribution in [3.63, 3.8) is 0 Å². The highest BCUT2D eigenvalue weighted by molar-refractivity contribution is 7.10. The van der Waals surface area contributed by atoms with Crippen molar-refractivity contribution in [1.82, 2.24) is 10.3 Å². The number of nitrogens with one attached hydrogen (secondary N) is 1. The molecular formula is C13H14N2O2S. The molecule has 5 heteroatoms. The Morgan fingerprint density at radius 2 is 2.33 bits per heavy atom. The Hall–Kier alpha value is -1.88. The quantitative estimate of drug-likeness (QED) is 0.890. The number of rotatable bonds is 4. The molecule has 0 spiro atoms. The Labute approximate surface area is 109 Å². The Bertz CT molecular complexity index is 526. The van der Waals surface area contributed by atoms with Crippen LogP contribution in [0.4, 0.5) is 0 Å². The maximum Gasteiger partial charge on any atom is 0.274 e. The highest BCUT2D eigenvalue weighted by Gasteiger charge is 2.17. The molecule has 4 nitrogen and oxygen atoms in total. The zero-order valence-corrected chi connectivity index (χ0v) is 10.8. The third-order valence-corrected chi connectivity index (χ3v) is 3.59. The van der Waals surface area contributed by atoms with E-state index in [9.17, 15) is 9.90 Å². The minimum Gasteiger partial charge on any atom is -0.505 e. The fourth-order valence-electron chi connectivity index (χ4n) is 1.66. The summed E-state index contributed by atoms with van der Waals surface area (Å²) in [5, 5.41) is 14.4. The monoisotopic (exact) mass is 262 g/mol. The first-order valence-corrected chi connectivity index (χ1v) is 6.58. The van der Waals surface area contributed by atoms with Crippen molar-refractivity contribution >= 4 is 17.2 Å². The third kappa shape index (κ3) is 2.68. The van der Waals surface area contributed by atoms with Gasteiger partial charge in [0.25, 0.3) is 5.91 Å². The second-order valence-corrected chi connectivity index (χ2v) is 4.80. The van der Waals surface area contributed by atoms with Crippen LogP contribution in [0.15, 0.2) is 35.8 Å². The maximum atomic E-state index is 12.0. The van der Waals surface area contributed by atoms with E-state index in [0.717, 1.165) is 11.3 Å². The van der Waals surface area contributed by atoms with Crippen LogP contribution < -0.4 is 5.32 Å². The van der Waals surface area contributed by atoms with Crippen LogP contribution in [0.5, 0.6) is 5.75 Å². The summed E-state index contributed by atoms with van der Waals surface area (Å²) in [7, 11) is 0. The van der Waals surface area contributed by atoms with Gasteiger partial charge >= 0.3 is 0 Å². The van der Waals surface area contributed by atoms with Crippen molar-refractivity contribution in [1.29, 1.82) is 0 Å². The van der Waals surface area contributed by atoms with Gasteiger partial charge in [-0.1, -0.05) is 13.0 Å². The molecule has 94 valence electrons. The predicted molar refractivity (Wildman–Crippen MR) is 70.7 cm³/mol.